The van der Waals surface area contributed by atoms with Gasteiger partial charge in [0.05, 0.1) is 18.3 Å². The van der Waals surface area contributed by atoms with Crippen LogP contribution in [0.3, 0.4) is 0 Å². The van der Waals surface area contributed by atoms with E-state index in [2.05, 4.69) is 5.32 Å². The first-order chi connectivity index (χ1) is 13.9. The number of nitrogens with one attached hydrogen (secondary N) is 1. The zero-order chi connectivity index (χ0) is 21.0. The summed E-state index contributed by atoms with van der Waals surface area (Å²) in [5.74, 6) is -1.80. The van der Waals surface area contributed by atoms with Gasteiger partial charge in [-0.05, 0) is 37.3 Å². The molecule has 1 aromatic rings. The van der Waals surface area contributed by atoms with Crippen molar-refractivity contribution in [2.75, 3.05) is 18.5 Å². The van der Waals surface area contributed by atoms with E-state index in [9.17, 15) is 19.2 Å². The maximum atomic E-state index is 12.4. The fourth-order valence-electron chi connectivity index (χ4n) is 4.25. The minimum Gasteiger partial charge on any atom is -0.456 e. The van der Waals surface area contributed by atoms with E-state index < -0.39 is 18.5 Å². The number of ether oxygens (including phenoxy) is 1. The van der Waals surface area contributed by atoms with Gasteiger partial charge in [-0.1, -0.05) is 38.0 Å². The molecule has 1 aromatic carbocycles. The molecule has 3 rings (SSSR count). The van der Waals surface area contributed by atoms with Crippen LogP contribution in [0.2, 0.25) is 0 Å². The van der Waals surface area contributed by atoms with Crippen molar-refractivity contribution in [1.29, 1.82) is 0 Å². The first kappa shape index (κ1) is 21.0. The van der Waals surface area contributed by atoms with Gasteiger partial charge in [0.15, 0.2) is 6.61 Å². The molecule has 1 aliphatic heterocycles. The molecule has 1 saturated heterocycles. The molecule has 3 amide bonds. The lowest BCUT2D eigenvalue weighted by molar-refractivity contribution is -0.148. The molecule has 7 heteroatoms. The summed E-state index contributed by atoms with van der Waals surface area (Å²) in [4.78, 5) is 50.2. The maximum absolute atomic E-state index is 12.4. The van der Waals surface area contributed by atoms with Crippen molar-refractivity contribution in [3.63, 3.8) is 0 Å². The van der Waals surface area contributed by atoms with E-state index in [1.807, 2.05) is 32.0 Å². The summed E-state index contributed by atoms with van der Waals surface area (Å²) in [7, 11) is 0. The molecule has 1 saturated carbocycles. The Kier molecular flexibility index (Phi) is 6.67. The third-order valence-corrected chi connectivity index (χ3v) is 5.84. The number of amides is 3. The Hall–Kier alpha value is -2.70. The standard InChI is InChI=1S/C22H28N2O5/c1-3-15-8-6-7-14(2)20(15)23-18(25)13-29-19(26)11-12-24-21(27)16-9-4-5-10-17(16)22(24)28/h6-8,16-17H,3-5,9-13H2,1-2H3,(H,23,25)/t16-,17+. The van der Waals surface area contributed by atoms with E-state index in [1.165, 1.54) is 4.90 Å². The summed E-state index contributed by atoms with van der Waals surface area (Å²) in [6.45, 7) is 3.52. The molecule has 2 fully saturated rings. The van der Waals surface area contributed by atoms with Gasteiger partial charge in [-0.15, -0.1) is 0 Å². The van der Waals surface area contributed by atoms with Crippen LogP contribution in [-0.2, 0) is 30.3 Å². The molecule has 1 N–H and O–H groups in total. The largest absolute Gasteiger partial charge is 0.456 e. The zero-order valence-corrected chi connectivity index (χ0v) is 17.0. The van der Waals surface area contributed by atoms with Crippen LogP contribution in [0.25, 0.3) is 0 Å². The van der Waals surface area contributed by atoms with Crippen LogP contribution < -0.4 is 5.32 Å². The first-order valence-electron chi connectivity index (χ1n) is 10.3. The third kappa shape index (κ3) is 4.66. The Balaban J connectivity index is 1.46. The van der Waals surface area contributed by atoms with Crippen LogP contribution in [-0.4, -0.2) is 41.7 Å². The number of hydrogen-bond donors (Lipinski definition) is 1. The smallest absolute Gasteiger partial charge is 0.308 e. The summed E-state index contributed by atoms with van der Waals surface area (Å²) in [6.07, 6.45) is 4.09. The number of aryl methyl sites for hydroxylation is 2. The lowest BCUT2D eigenvalue weighted by Crippen LogP contribution is -2.33. The lowest BCUT2D eigenvalue weighted by Gasteiger charge is -2.19. The van der Waals surface area contributed by atoms with Crippen molar-refractivity contribution in [2.45, 2.75) is 52.4 Å². The Morgan fingerprint density at radius 3 is 2.41 bits per heavy atom. The van der Waals surface area contributed by atoms with Crippen LogP contribution in [0.15, 0.2) is 18.2 Å². The number of fused-ring (bicyclic) bond motifs is 1. The average Bonchev–Trinajstić information content (AvgIpc) is 2.96. The fourth-order valence-corrected chi connectivity index (χ4v) is 4.25. The molecule has 2 aliphatic rings. The summed E-state index contributed by atoms with van der Waals surface area (Å²) in [5, 5.41) is 2.80. The number of esters is 1. The number of carbonyl (C=O) groups excluding carboxylic acids is 4. The normalized spacial score (nSPS) is 21.1. The van der Waals surface area contributed by atoms with Crippen molar-refractivity contribution >= 4 is 29.4 Å². The van der Waals surface area contributed by atoms with Gasteiger partial charge in [0, 0.05) is 12.2 Å². The van der Waals surface area contributed by atoms with Gasteiger partial charge in [-0.25, -0.2) is 0 Å². The summed E-state index contributed by atoms with van der Waals surface area (Å²) < 4.78 is 5.04. The van der Waals surface area contributed by atoms with E-state index in [0.29, 0.717) is 0 Å². The van der Waals surface area contributed by atoms with Gasteiger partial charge in [0.2, 0.25) is 11.8 Å². The van der Waals surface area contributed by atoms with Crippen molar-refractivity contribution in [1.82, 2.24) is 4.90 Å². The van der Waals surface area contributed by atoms with E-state index in [0.717, 1.165) is 48.9 Å². The fraction of sp³-hybridized carbons (Fsp3) is 0.545. The number of nitrogens with zero attached hydrogens (tertiary/aromatic N) is 1. The number of carbonyl (C=O) groups is 4. The lowest BCUT2D eigenvalue weighted by atomic mass is 9.81. The second kappa shape index (κ2) is 9.20. The molecule has 1 aliphatic carbocycles. The van der Waals surface area contributed by atoms with E-state index in [4.69, 9.17) is 4.74 Å². The van der Waals surface area contributed by atoms with Crippen LogP contribution in [0, 0.1) is 18.8 Å². The summed E-state index contributed by atoms with van der Waals surface area (Å²) in [5.41, 5.74) is 2.70. The minimum absolute atomic E-state index is 0.0168. The van der Waals surface area contributed by atoms with Gasteiger partial charge in [0.25, 0.3) is 5.91 Å². The van der Waals surface area contributed by atoms with Gasteiger partial charge in [-0.2, -0.15) is 0 Å². The number of para-hydroxylation sites is 1. The van der Waals surface area contributed by atoms with Gasteiger partial charge >= 0.3 is 5.97 Å². The molecule has 0 unspecified atom stereocenters. The Bertz CT molecular complexity index is 795. The molecule has 2 atom stereocenters. The van der Waals surface area contributed by atoms with E-state index in [-0.39, 0.29) is 36.6 Å². The Morgan fingerprint density at radius 2 is 1.79 bits per heavy atom. The summed E-state index contributed by atoms with van der Waals surface area (Å²) in [6, 6.07) is 5.78. The Labute approximate surface area is 170 Å². The number of anilines is 1. The minimum atomic E-state index is -0.601. The second-order valence-corrected chi connectivity index (χ2v) is 7.75. The molecule has 156 valence electrons. The van der Waals surface area contributed by atoms with E-state index in [1.54, 1.807) is 0 Å². The van der Waals surface area contributed by atoms with Crippen LogP contribution in [0.5, 0.6) is 0 Å². The van der Waals surface area contributed by atoms with Crippen molar-refractivity contribution in [2.24, 2.45) is 11.8 Å². The highest BCUT2D eigenvalue weighted by atomic mass is 16.5. The molecule has 29 heavy (non-hydrogen) atoms. The van der Waals surface area contributed by atoms with Crippen molar-refractivity contribution < 1.29 is 23.9 Å². The zero-order valence-electron chi connectivity index (χ0n) is 17.0. The second-order valence-electron chi connectivity index (χ2n) is 7.75. The number of benzene rings is 1. The SMILES string of the molecule is CCc1cccc(C)c1NC(=O)COC(=O)CCN1C(=O)[C@H]2CCCC[C@H]2C1=O. The van der Waals surface area contributed by atoms with Gasteiger partial charge in [0.1, 0.15) is 0 Å². The number of imide groups is 1. The Morgan fingerprint density at radius 1 is 1.14 bits per heavy atom. The highest BCUT2D eigenvalue weighted by molar-refractivity contribution is 6.05. The molecule has 7 nitrogen and oxygen atoms in total. The molecular formula is C22H28N2O5. The monoisotopic (exact) mass is 400 g/mol. The number of likely N-dealkylation sites (tertiary alicyclic amines) is 1. The van der Waals surface area contributed by atoms with Crippen LogP contribution in [0.4, 0.5) is 5.69 Å². The summed E-state index contributed by atoms with van der Waals surface area (Å²) >= 11 is 0. The molecule has 0 aromatic heterocycles. The average molecular weight is 400 g/mol. The molecule has 0 radical (unpaired) electrons. The predicted octanol–water partition coefficient (Wildman–Crippen LogP) is 2.60. The maximum Gasteiger partial charge on any atom is 0.308 e. The van der Waals surface area contributed by atoms with Gasteiger partial charge < -0.3 is 10.1 Å². The molecular weight excluding hydrogens is 372 g/mol. The molecule has 0 bridgehead atoms. The first-order valence-corrected chi connectivity index (χ1v) is 10.3. The van der Waals surface area contributed by atoms with Crippen LogP contribution in [0.1, 0.15) is 50.2 Å². The van der Waals surface area contributed by atoms with Gasteiger partial charge in [-0.3, -0.25) is 24.1 Å². The third-order valence-electron chi connectivity index (χ3n) is 5.84. The predicted molar refractivity (Wildman–Crippen MR) is 107 cm³/mol. The molecule has 0 spiro atoms. The van der Waals surface area contributed by atoms with Crippen molar-refractivity contribution in [3.8, 4) is 0 Å². The number of hydrogen-bond acceptors (Lipinski definition) is 5. The topological polar surface area (TPSA) is 92.8 Å². The highest BCUT2D eigenvalue weighted by Crippen LogP contribution is 2.37. The van der Waals surface area contributed by atoms with E-state index >= 15 is 0 Å². The quantitative estimate of drug-likeness (QED) is 0.561. The number of rotatable bonds is 7. The van der Waals surface area contributed by atoms with Crippen LogP contribution >= 0.6 is 0 Å². The molecule has 1 heterocycles. The highest BCUT2D eigenvalue weighted by Gasteiger charge is 2.47. The van der Waals surface area contributed by atoms with Crippen molar-refractivity contribution in [3.05, 3.63) is 29.3 Å².